The lowest BCUT2D eigenvalue weighted by Gasteiger charge is -1.85. The molecule has 18 heavy (non-hydrogen) atoms. The van der Waals surface area contributed by atoms with Gasteiger partial charge in [0.25, 0.3) is 0 Å². The average molecular weight is 261 g/mol. The maximum Gasteiger partial charge on any atom is 0.330 e. The van der Waals surface area contributed by atoms with E-state index in [9.17, 15) is 14.4 Å². The summed E-state index contributed by atoms with van der Waals surface area (Å²) in [6.07, 6.45) is 0.344. The van der Waals surface area contributed by atoms with Crippen LogP contribution in [0.25, 0.3) is 0 Å². The summed E-state index contributed by atoms with van der Waals surface area (Å²) in [5, 5.41) is 15.8. The maximum atomic E-state index is 9.83. The first-order valence-corrected chi connectivity index (χ1v) is 4.77. The first-order chi connectivity index (χ1) is 8.09. The van der Waals surface area contributed by atoms with Gasteiger partial charge >= 0.3 is 17.9 Å². The predicted octanol–water partition coefficient (Wildman–Crippen LogP) is 1.11. The van der Waals surface area contributed by atoms with Gasteiger partial charge in [0.2, 0.25) is 0 Å². The number of carboxylic acid groups (broad SMARTS) is 2. The van der Waals surface area contributed by atoms with Crippen molar-refractivity contribution in [2.45, 2.75) is 27.2 Å². The third kappa shape index (κ3) is 23.6. The maximum absolute atomic E-state index is 9.83. The Morgan fingerprint density at radius 3 is 1.28 bits per heavy atom. The molecule has 0 saturated carbocycles. The number of nitrogens with two attached hydrogens (primary N) is 1. The van der Waals surface area contributed by atoms with Crippen LogP contribution in [0.15, 0.2) is 24.3 Å². The van der Waals surface area contributed by atoms with Gasteiger partial charge in [0.05, 0.1) is 0 Å². The van der Waals surface area contributed by atoms with Gasteiger partial charge in [-0.2, -0.15) is 5.90 Å². The fourth-order valence-corrected chi connectivity index (χ4v) is 0.0833. The van der Waals surface area contributed by atoms with Crippen LogP contribution in [0.1, 0.15) is 27.2 Å². The van der Waals surface area contributed by atoms with E-state index in [1.54, 1.807) is 6.92 Å². The first-order valence-electron chi connectivity index (χ1n) is 4.77. The molecule has 7 heteroatoms. The smallest absolute Gasteiger partial charge is 0.330 e. The Morgan fingerprint density at radius 1 is 1.06 bits per heavy atom. The highest BCUT2D eigenvalue weighted by molar-refractivity contribution is 5.85. The highest BCUT2D eigenvalue weighted by Crippen LogP contribution is 1.81. The molecule has 0 rings (SSSR count). The van der Waals surface area contributed by atoms with Crippen LogP contribution in [0.3, 0.4) is 0 Å². The number of rotatable bonds is 3. The van der Waals surface area contributed by atoms with E-state index in [2.05, 4.69) is 23.9 Å². The van der Waals surface area contributed by atoms with Crippen molar-refractivity contribution in [3.63, 3.8) is 0 Å². The normalized spacial score (nSPS) is 7.56. The Kier molecular flexibility index (Phi) is 15.2. The Hall–Kier alpha value is -2.15. The van der Waals surface area contributed by atoms with Crippen molar-refractivity contribution >= 4 is 17.9 Å². The summed E-state index contributed by atoms with van der Waals surface area (Å²) in [5.74, 6) is 2.18. The van der Waals surface area contributed by atoms with Crippen LogP contribution in [0, 0.1) is 0 Å². The minimum absolute atomic E-state index is 0.176. The van der Waals surface area contributed by atoms with E-state index in [1.807, 2.05) is 0 Å². The van der Waals surface area contributed by atoms with Gasteiger partial charge in [-0.25, -0.2) is 9.59 Å². The van der Waals surface area contributed by atoms with E-state index < -0.39 is 11.9 Å². The van der Waals surface area contributed by atoms with Crippen molar-refractivity contribution in [2.75, 3.05) is 0 Å². The van der Waals surface area contributed by atoms with Gasteiger partial charge in [-0.15, -0.1) is 0 Å². The van der Waals surface area contributed by atoms with Crippen LogP contribution in [0.2, 0.25) is 0 Å². The zero-order valence-corrected chi connectivity index (χ0v) is 10.7. The Balaban J connectivity index is -0.000000187. The van der Waals surface area contributed by atoms with E-state index in [4.69, 9.17) is 10.2 Å². The van der Waals surface area contributed by atoms with E-state index in [0.717, 1.165) is 0 Å². The second kappa shape index (κ2) is 12.9. The largest absolute Gasteiger partial charge is 0.478 e. The number of aliphatic carboxylic acids is 2. The highest BCUT2D eigenvalue weighted by atomic mass is 16.7. The molecular formula is C11H19NO6. The zero-order chi connectivity index (χ0) is 15.3. The van der Waals surface area contributed by atoms with Crippen molar-refractivity contribution in [1.29, 1.82) is 0 Å². The zero-order valence-electron chi connectivity index (χ0n) is 10.7. The highest BCUT2D eigenvalue weighted by Gasteiger charge is 1.90. The standard InChI is InChI=1S/2C4H6O2.C3H7NO2/c2*1-3(2)4(5)6;1-2-3(5)6-4/h2*1H2,2H3,(H,5,6);2,4H2,1H3. The number of carboxylic acids is 2. The monoisotopic (exact) mass is 261 g/mol. The summed E-state index contributed by atoms with van der Waals surface area (Å²) in [6.45, 7) is 10.9. The first kappa shape index (κ1) is 21.2. The summed E-state index contributed by atoms with van der Waals surface area (Å²) >= 11 is 0. The number of carbonyl (C=O) groups is 3. The molecule has 0 spiro atoms. The van der Waals surface area contributed by atoms with E-state index in [-0.39, 0.29) is 17.1 Å². The molecule has 0 unspecified atom stereocenters. The molecule has 0 aromatic rings. The molecular weight excluding hydrogens is 242 g/mol. The fraction of sp³-hybridized carbons (Fsp3) is 0.364. The summed E-state index contributed by atoms with van der Waals surface area (Å²) < 4.78 is 0. The molecule has 0 aliphatic heterocycles. The van der Waals surface area contributed by atoms with Gasteiger partial charge in [-0.3, -0.25) is 4.79 Å². The van der Waals surface area contributed by atoms with Crippen LogP contribution in [-0.2, 0) is 19.2 Å². The summed E-state index contributed by atoms with van der Waals surface area (Å²) in [4.78, 5) is 32.8. The van der Waals surface area contributed by atoms with Gasteiger partial charge in [0.15, 0.2) is 0 Å². The predicted molar refractivity (Wildman–Crippen MR) is 65.5 cm³/mol. The van der Waals surface area contributed by atoms with Crippen LogP contribution in [0.4, 0.5) is 0 Å². The summed E-state index contributed by atoms with van der Waals surface area (Å²) in [7, 11) is 0. The molecule has 0 heterocycles. The van der Waals surface area contributed by atoms with Crippen molar-refractivity contribution in [3.8, 4) is 0 Å². The van der Waals surface area contributed by atoms with Crippen molar-refractivity contribution in [1.82, 2.24) is 0 Å². The molecule has 0 aliphatic rings. The van der Waals surface area contributed by atoms with Crippen molar-refractivity contribution in [2.24, 2.45) is 5.90 Å². The van der Waals surface area contributed by atoms with Gasteiger partial charge in [-0.05, 0) is 13.8 Å². The molecule has 0 saturated heterocycles. The molecule has 0 aromatic carbocycles. The quantitative estimate of drug-likeness (QED) is 0.512. The van der Waals surface area contributed by atoms with E-state index >= 15 is 0 Å². The average Bonchev–Trinajstić information content (AvgIpc) is 2.29. The summed E-state index contributed by atoms with van der Waals surface area (Å²) in [5.41, 5.74) is 0.352. The molecule has 0 atom stereocenters. The lowest BCUT2D eigenvalue weighted by atomic mass is 10.4. The molecule has 0 radical (unpaired) electrons. The fourth-order valence-electron chi connectivity index (χ4n) is 0.0833. The lowest BCUT2D eigenvalue weighted by molar-refractivity contribution is -0.143. The molecule has 0 aromatic heterocycles. The lowest BCUT2D eigenvalue weighted by Crippen LogP contribution is -2.07. The third-order valence-corrected chi connectivity index (χ3v) is 1.15. The van der Waals surface area contributed by atoms with E-state index in [1.165, 1.54) is 13.8 Å². The Labute approximate surface area is 106 Å². The molecule has 104 valence electrons. The molecule has 4 N–H and O–H groups in total. The molecule has 0 aliphatic carbocycles. The van der Waals surface area contributed by atoms with E-state index in [0.29, 0.717) is 6.42 Å². The Morgan fingerprint density at radius 2 is 1.28 bits per heavy atom. The number of hydrogen-bond acceptors (Lipinski definition) is 5. The van der Waals surface area contributed by atoms with Crippen LogP contribution >= 0.6 is 0 Å². The second-order valence-corrected chi connectivity index (χ2v) is 3.01. The van der Waals surface area contributed by atoms with Gasteiger partial charge < -0.3 is 15.1 Å². The number of hydrogen-bond donors (Lipinski definition) is 3. The Bertz CT molecular complexity index is 267. The van der Waals surface area contributed by atoms with Crippen molar-refractivity contribution in [3.05, 3.63) is 24.3 Å². The minimum atomic E-state index is -0.935. The molecule has 7 nitrogen and oxygen atoms in total. The van der Waals surface area contributed by atoms with Gasteiger partial charge in [0, 0.05) is 17.6 Å². The van der Waals surface area contributed by atoms with Crippen LogP contribution < -0.4 is 5.90 Å². The summed E-state index contributed by atoms with van der Waals surface area (Å²) in [6, 6.07) is 0. The number of carbonyl (C=O) groups excluding carboxylic acids is 1. The topological polar surface area (TPSA) is 127 Å². The minimum Gasteiger partial charge on any atom is -0.478 e. The molecule has 0 fully saturated rings. The van der Waals surface area contributed by atoms with Crippen molar-refractivity contribution < 1.29 is 29.4 Å². The van der Waals surface area contributed by atoms with Crippen LogP contribution in [-0.4, -0.2) is 28.1 Å². The third-order valence-electron chi connectivity index (χ3n) is 1.15. The van der Waals surface area contributed by atoms with Gasteiger partial charge in [-0.1, -0.05) is 20.1 Å². The molecule has 0 amide bonds. The SMILES string of the molecule is C=C(C)C(=O)O.C=C(C)C(=O)O.CCC(=O)ON. The van der Waals surface area contributed by atoms with Crippen LogP contribution in [0.5, 0.6) is 0 Å². The second-order valence-electron chi connectivity index (χ2n) is 3.01. The molecule has 0 bridgehead atoms. The van der Waals surface area contributed by atoms with Gasteiger partial charge in [0.1, 0.15) is 0 Å².